The highest BCUT2D eigenvalue weighted by atomic mass is 35.5. The first-order chi connectivity index (χ1) is 13.5. The fraction of sp³-hybridized carbons (Fsp3) is 0.571. The normalized spacial score (nSPS) is 19.4. The number of carbonyl (C=O) groups excluding carboxylic acids is 1. The lowest BCUT2D eigenvalue weighted by atomic mass is 10.1. The Morgan fingerprint density at radius 2 is 1.93 bits per heavy atom. The van der Waals surface area contributed by atoms with Gasteiger partial charge in [-0.25, -0.2) is 0 Å². The van der Waals surface area contributed by atoms with Crippen LogP contribution in [0.2, 0.25) is 5.02 Å². The van der Waals surface area contributed by atoms with Crippen molar-refractivity contribution < 1.29 is 9.53 Å². The number of rotatable bonds is 4. The summed E-state index contributed by atoms with van der Waals surface area (Å²) in [5.41, 5.74) is 1.91. The van der Waals surface area contributed by atoms with Crippen LogP contribution in [-0.2, 0) is 17.8 Å². The number of benzene rings is 1. The molecule has 1 amide bonds. The lowest BCUT2D eigenvalue weighted by Crippen LogP contribution is -2.35. The molecule has 1 atom stereocenters. The molecule has 0 bridgehead atoms. The smallest absolute Gasteiger partial charge is 0.261 e. The van der Waals surface area contributed by atoms with Gasteiger partial charge in [-0.05, 0) is 62.8 Å². The largest absolute Gasteiger partial charge is 0.484 e. The van der Waals surface area contributed by atoms with Gasteiger partial charge in [0, 0.05) is 24.5 Å². The van der Waals surface area contributed by atoms with E-state index in [1.165, 1.54) is 12.8 Å². The molecule has 1 saturated heterocycles. The van der Waals surface area contributed by atoms with Gasteiger partial charge in [0.2, 0.25) is 0 Å². The van der Waals surface area contributed by atoms with E-state index in [1.54, 1.807) is 0 Å². The molecule has 28 heavy (non-hydrogen) atoms. The summed E-state index contributed by atoms with van der Waals surface area (Å²) in [6, 6.07) is 3.76. The molecule has 0 N–H and O–H groups in total. The van der Waals surface area contributed by atoms with Gasteiger partial charge in [-0.2, -0.15) is 0 Å². The molecule has 0 spiro atoms. The van der Waals surface area contributed by atoms with Crippen molar-refractivity contribution in [3.63, 3.8) is 0 Å². The van der Waals surface area contributed by atoms with E-state index in [-0.39, 0.29) is 18.6 Å². The first kappa shape index (κ1) is 19.2. The minimum Gasteiger partial charge on any atom is -0.484 e. The summed E-state index contributed by atoms with van der Waals surface area (Å²) < 4.78 is 8.05. The molecule has 1 unspecified atom stereocenters. The van der Waals surface area contributed by atoms with E-state index in [1.807, 2.05) is 30.9 Å². The Balaban J connectivity index is 1.46. The van der Waals surface area contributed by atoms with Gasteiger partial charge in [0.15, 0.2) is 12.4 Å². The first-order valence-corrected chi connectivity index (χ1v) is 10.5. The Morgan fingerprint density at radius 3 is 2.71 bits per heavy atom. The predicted octanol–water partition coefficient (Wildman–Crippen LogP) is 4.02. The molecule has 150 valence electrons. The molecular formula is C21H27ClN4O2. The average Bonchev–Trinajstić information content (AvgIpc) is 3.25. The van der Waals surface area contributed by atoms with Crippen LogP contribution in [-0.4, -0.2) is 38.7 Å². The SMILES string of the molecule is Cc1cc(OCC(=O)N2CCCC2c2nnc3n2CCCCC3)cc(C)c1Cl. The Labute approximate surface area is 170 Å². The number of hydrogen-bond donors (Lipinski definition) is 0. The fourth-order valence-corrected chi connectivity index (χ4v) is 4.41. The lowest BCUT2D eigenvalue weighted by Gasteiger charge is -2.25. The topological polar surface area (TPSA) is 60.2 Å². The van der Waals surface area contributed by atoms with Crippen LogP contribution < -0.4 is 4.74 Å². The summed E-state index contributed by atoms with van der Waals surface area (Å²) in [4.78, 5) is 14.8. The number of likely N-dealkylation sites (tertiary alicyclic amines) is 1. The van der Waals surface area contributed by atoms with Gasteiger partial charge < -0.3 is 14.2 Å². The van der Waals surface area contributed by atoms with E-state index in [2.05, 4.69) is 14.8 Å². The zero-order chi connectivity index (χ0) is 19.7. The van der Waals surface area contributed by atoms with E-state index in [4.69, 9.17) is 16.3 Å². The molecule has 2 aliphatic heterocycles. The number of carbonyl (C=O) groups is 1. The minimum atomic E-state index is -0.00118. The van der Waals surface area contributed by atoms with Gasteiger partial charge >= 0.3 is 0 Å². The van der Waals surface area contributed by atoms with E-state index in [0.717, 1.165) is 66.6 Å². The Bertz CT molecular complexity index is 856. The summed E-state index contributed by atoms with van der Waals surface area (Å²) in [7, 11) is 0. The van der Waals surface area contributed by atoms with Gasteiger partial charge in [-0.3, -0.25) is 4.79 Å². The van der Waals surface area contributed by atoms with Crippen molar-refractivity contribution in [1.82, 2.24) is 19.7 Å². The van der Waals surface area contributed by atoms with E-state index in [0.29, 0.717) is 5.75 Å². The van der Waals surface area contributed by atoms with Crippen LogP contribution >= 0.6 is 11.6 Å². The standard InChI is InChI=1S/C21H27ClN4O2/c1-14-11-16(12-15(2)20(14)22)28-13-19(27)25-10-6-7-17(25)21-24-23-18-8-4-3-5-9-26(18)21/h11-12,17H,3-10,13H2,1-2H3. The van der Waals surface area contributed by atoms with Crippen molar-refractivity contribution in [2.75, 3.05) is 13.2 Å². The second-order valence-corrected chi connectivity index (χ2v) is 8.22. The molecule has 6 nitrogen and oxygen atoms in total. The van der Waals surface area contributed by atoms with Crippen LogP contribution in [0.25, 0.3) is 0 Å². The first-order valence-electron chi connectivity index (χ1n) is 10.2. The second-order valence-electron chi connectivity index (χ2n) is 7.84. The van der Waals surface area contributed by atoms with Crippen LogP contribution in [0.1, 0.15) is 60.9 Å². The highest BCUT2D eigenvalue weighted by Gasteiger charge is 2.34. The number of hydrogen-bond acceptors (Lipinski definition) is 4. The summed E-state index contributed by atoms with van der Waals surface area (Å²) in [6.45, 7) is 5.61. The molecular weight excluding hydrogens is 376 g/mol. The third-order valence-corrected chi connectivity index (χ3v) is 6.38. The molecule has 0 saturated carbocycles. The van der Waals surface area contributed by atoms with Gasteiger partial charge in [-0.1, -0.05) is 18.0 Å². The van der Waals surface area contributed by atoms with Crippen molar-refractivity contribution in [3.05, 3.63) is 39.9 Å². The third-order valence-electron chi connectivity index (χ3n) is 5.78. The number of aromatic nitrogens is 3. The summed E-state index contributed by atoms with van der Waals surface area (Å²) in [5.74, 6) is 2.69. The van der Waals surface area contributed by atoms with Gasteiger partial charge in [0.1, 0.15) is 11.6 Å². The molecule has 0 aliphatic carbocycles. The minimum absolute atomic E-state index is 0.00118. The number of ether oxygens (including phenoxy) is 1. The van der Waals surface area contributed by atoms with Crippen LogP contribution in [0.4, 0.5) is 0 Å². The number of aryl methyl sites for hydroxylation is 3. The Morgan fingerprint density at radius 1 is 1.14 bits per heavy atom. The fourth-order valence-electron chi connectivity index (χ4n) is 4.31. The highest BCUT2D eigenvalue weighted by molar-refractivity contribution is 6.32. The number of fused-ring (bicyclic) bond motifs is 1. The zero-order valence-electron chi connectivity index (χ0n) is 16.6. The predicted molar refractivity (Wildman–Crippen MR) is 108 cm³/mol. The van der Waals surface area contributed by atoms with Crippen molar-refractivity contribution in [2.45, 2.75) is 65.0 Å². The van der Waals surface area contributed by atoms with Crippen molar-refractivity contribution in [2.24, 2.45) is 0 Å². The maximum absolute atomic E-state index is 12.9. The number of halogens is 1. The van der Waals surface area contributed by atoms with Gasteiger partial charge in [0.25, 0.3) is 5.91 Å². The maximum atomic E-state index is 12.9. The lowest BCUT2D eigenvalue weighted by molar-refractivity contribution is -0.134. The van der Waals surface area contributed by atoms with Gasteiger partial charge in [-0.15, -0.1) is 10.2 Å². The summed E-state index contributed by atoms with van der Waals surface area (Å²) in [5, 5.41) is 9.62. The maximum Gasteiger partial charge on any atom is 0.261 e. The van der Waals surface area contributed by atoms with Crippen molar-refractivity contribution in [1.29, 1.82) is 0 Å². The zero-order valence-corrected chi connectivity index (χ0v) is 17.3. The van der Waals surface area contributed by atoms with Crippen molar-refractivity contribution >= 4 is 17.5 Å². The molecule has 3 heterocycles. The molecule has 7 heteroatoms. The summed E-state index contributed by atoms with van der Waals surface area (Å²) >= 11 is 6.22. The molecule has 4 rings (SSSR count). The molecule has 2 aliphatic rings. The quantitative estimate of drug-likeness (QED) is 0.775. The molecule has 2 aromatic rings. The van der Waals surface area contributed by atoms with Crippen LogP contribution in [0, 0.1) is 13.8 Å². The summed E-state index contributed by atoms with van der Waals surface area (Å²) in [6.07, 6.45) is 6.44. The molecule has 0 radical (unpaired) electrons. The van der Waals surface area contributed by atoms with E-state index in [9.17, 15) is 4.79 Å². The highest BCUT2D eigenvalue weighted by Crippen LogP contribution is 2.32. The van der Waals surface area contributed by atoms with Gasteiger partial charge in [0.05, 0.1) is 6.04 Å². The van der Waals surface area contributed by atoms with E-state index >= 15 is 0 Å². The van der Waals surface area contributed by atoms with Crippen LogP contribution in [0.15, 0.2) is 12.1 Å². The van der Waals surface area contributed by atoms with Crippen LogP contribution in [0.5, 0.6) is 5.75 Å². The van der Waals surface area contributed by atoms with E-state index < -0.39 is 0 Å². The number of nitrogens with zero attached hydrogens (tertiary/aromatic N) is 4. The van der Waals surface area contributed by atoms with Crippen molar-refractivity contribution in [3.8, 4) is 5.75 Å². The van der Waals surface area contributed by atoms with Crippen LogP contribution in [0.3, 0.4) is 0 Å². The molecule has 1 aromatic heterocycles. The molecule has 1 aromatic carbocycles. The average molecular weight is 403 g/mol. The second kappa shape index (κ2) is 8.11. The monoisotopic (exact) mass is 402 g/mol. The Kier molecular flexibility index (Phi) is 5.58. The Hall–Kier alpha value is -2.08. The molecule has 1 fully saturated rings. The number of amides is 1. The third kappa shape index (κ3) is 3.75.